The molecule has 4 atom stereocenters. The van der Waals surface area contributed by atoms with Gasteiger partial charge in [0.25, 0.3) is 0 Å². The van der Waals surface area contributed by atoms with Gasteiger partial charge in [-0.15, -0.1) is 0 Å². The molecule has 1 fully saturated rings. The molecule has 0 saturated heterocycles. The van der Waals surface area contributed by atoms with Gasteiger partial charge in [-0.1, -0.05) is 18.2 Å². The van der Waals surface area contributed by atoms with Crippen LogP contribution in [0.25, 0.3) is 0 Å². The summed E-state index contributed by atoms with van der Waals surface area (Å²) in [5.41, 5.74) is 0. The number of rotatable bonds is 4. The van der Waals surface area contributed by atoms with Crippen LogP contribution in [0.2, 0.25) is 0 Å². The van der Waals surface area contributed by atoms with Gasteiger partial charge in [0.05, 0.1) is 0 Å². The Morgan fingerprint density at radius 1 is 0.864 bits per heavy atom. The average molecular weight is 308 g/mol. The molecule has 0 aromatic carbocycles. The second kappa shape index (κ2) is 5.09. The summed E-state index contributed by atoms with van der Waals surface area (Å²) in [7, 11) is 5.75. The van der Waals surface area contributed by atoms with Crippen LogP contribution in [-0.4, -0.2) is 51.6 Å². The topological polar surface area (TPSA) is 71.1 Å². The second-order valence-corrected chi connectivity index (χ2v) is 5.78. The van der Waals surface area contributed by atoms with E-state index in [1.165, 1.54) is 34.5 Å². The molecular formula is C16H20O6. The number of ether oxygens (including phenoxy) is 4. The van der Waals surface area contributed by atoms with Crippen LogP contribution in [0, 0.1) is 23.7 Å². The number of hydrogen-bond donors (Lipinski definition) is 0. The van der Waals surface area contributed by atoms with Crippen molar-refractivity contribution in [2.45, 2.75) is 11.6 Å². The highest BCUT2D eigenvalue weighted by Gasteiger charge is 2.68. The molecule has 4 rings (SSSR count). The number of hydrogen-bond acceptors (Lipinski definition) is 6. The van der Waals surface area contributed by atoms with E-state index in [1.54, 1.807) is 6.08 Å². The highest BCUT2D eigenvalue weighted by molar-refractivity contribution is 6.00. The van der Waals surface area contributed by atoms with E-state index in [0.717, 1.165) is 0 Å². The first-order valence-electron chi connectivity index (χ1n) is 7.18. The Bertz CT molecular complexity index is 555. The molecule has 6 heteroatoms. The van der Waals surface area contributed by atoms with Gasteiger partial charge in [0, 0.05) is 46.2 Å². The minimum atomic E-state index is -1.43. The molecule has 4 aliphatic rings. The van der Waals surface area contributed by atoms with Crippen LogP contribution in [0.15, 0.2) is 24.3 Å². The molecule has 120 valence electrons. The van der Waals surface area contributed by atoms with Crippen molar-refractivity contribution in [2.75, 3.05) is 28.4 Å². The standard InChI is InChI=1S/C16H20O6/c1-19-15(20-2)11-7-5-10(14(15)18)9-6-8-12(17)16(21-3,22-4)13(9)11/h5-11,13H,1-4H3/t9-,10+,11-,13-/m1/s1. The molecular weight excluding hydrogens is 288 g/mol. The first-order valence-corrected chi connectivity index (χ1v) is 7.18. The van der Waals surface area contributed by atoms with Crippen molar-refractivity contribution in [1.82, 2.24) is 0 Å². The smallest absolute Gasteiger partial charge is 0.236 e. The van der Waals surface area contributed by atoms with Gasteiger partial charge in [0.15, 0.2) is 5.78 Å². The maximum absolute atomic E-state index is 12.8. The number of methoxy groups -OCH3 is 4. The van der Waals surface area contributed by atoms with E-state index in [1.807, 2.05) is 12.2 Å². The fourth-order valence-corrected chi connectivity index (χ4v) is 4.29. The van der Waals surface area contributed by atoms with E-state index < -0.39 is 29.3 Å². The molecule has 4 aliphatic carbocycles. The molecule has 6 nitrogen and oxygen atoms in total. The van der Waals surface area contributed by atoms with Gasteiger partial charge in [-0.25, -0.2) is 0 Å². The highest BCUT2D eigenvalue weighted by atomic mass is 16.7. The zero-order chi connectivity index (χ0) is 16.1. The summed E-state index contributed by atoms with van der Waals surface area (Å²) >= 11 is 0. The minimum absolute atomic E-state index is 0.133. The van der Waals surface area contributed by atoms with Crippen LogP contribution in [-0.2, 0) is 28.5 Å². The summed E-state index contributed by atoms with van der Waals surface area (Å²) < 4.78 is 21.9. The van der Waals surface area contributed by atoms with Gasteiger partial charge >= 0.3 is 0 Å². The van der Waals surface area contributed by atoms with Crippen LogP contribution < -0.4 is 0 Å². The number of carbonyl (C=O) groups is 2. The molecule has 0 heterocycles. The molecule has 1 saturated carbocycles. The lowest BCUT2D eigenvalue weighted by molar-refractivity contribution is -0.295. The van der Waals surface area contributed by atoms with Crippen molar-refractivity contribution in [3.8, 4) is 0 Å². The third-order valence-corrected chi connectivity index (χ3v) is 5.29. The van der Waals surface area contributed by atoms with E-state index in [2.05, 4.69) is 0 Å². The van der Waals surface area contributed by atoms with Crippen LogP contribution >= 0.6 is 0 Å². The summed E-state index contributed by atoms with van der Waals surface area (Å²) in [6.45, 7) is 0. The van der Waals surface area contributed by atoms with Crippen molar-refractivity contribution in [2.24, 2.45) is 23.7 Å². The van der Waals surface area contributed by atoms with E-state index in [4.69, 9.17) is 18.9 Å². The molecule has 0 amide bonds. The molecule has 0 unspecified atom stereocenters. The minimum Gasteiger partial charge on any atom is -0.347 e. The van der Waals surface area contributed by atoms with Gasteiger partial charge in [-0.3, -0.25) is 9.59 Å². The van der Waals surface area contributed by atoms with Crippen LogP contribution in [0.5, 0.6) is 0 Å². The van der Waals surface area contributed by atoms with E-state index in [9.17, 15) is 9.59 Å². The average Bonchev–Trinajstić information content (AvgIpc) is 2.56. The number of ketones is 2. The van der Waals surface area contributed by atoms with Crippen molar-refractivity contribution in [3.63, 3.8) is 0 Å². The normalized spacial score (nSPS) is 37.5. The summed E-state index contributed by atoms with van der Waals surface area (Å²) in [4.78, 5) is 25.2. The Morgan fingerprint density at radius 2 is 1.45 bits per heavy atom. The maximum Gasteiger partial charge on any atom is 0.236 e. The number of allylic oxidation sites excluding steroid dienone is 2. The molecule has 2 bridgehead atoms. The first kappa shape index (κ1) is 15.6. The quantitative estimate of drug-likeness (QED) is 0.563. The predicted molar refractivity (Wildman–Crippen MR) is 75.8 cm³/mol. The fraction of sp³-hybridized carbons (Fsp3) is 0.625. The summed E-state index contributed by atoms with van der Waals surface area (Å²) in [6, 6.07) is 0. The number of carbonyl (C=O) groups excluding carboxylic acids is 2. The molecule has 0 aromatic heterocycles. The molecule has 0 aromatic rings. The number of fused-ring (bicyclic) bond motifs is 1. The van der Waals surface area contributed by atoms with Crippen molar-refractivity contribution >= 4 is 11.6 Å². The van der Waals surface area contributed by atoms with E-state index >= 15 is 0 Å². The highest BCUT2D eigenvalue weighted by Crippen LogP contribution is 2.56. The Hall–Kier alpha value is -1.34. The largest absolute Gasteiger partial charge is 0.347 e. The third kappa shape index (κ3) is 1.58. The summed E-state index contributed by atoms with van der Waals surface area (Å²) in [5, 5.41) is 0. The van der Waals surface area contributed by atoms with Crippen molar-refractivity contribution in [3.05, 3.63) is 24.3 Å². The van der Waals surface area contributed by atoms with Crippen LogP contribution in [0.3, 0.4) is 0 Å². The lowest BCUT2D eigenvalue weighted by Crippen LogP contribution is -2.69. The van der Waals surface area contributed by atoms with Crippen molar-refractivity contribution < 1.29 is 28.5 Å². The number of Topliss-reactive ketones (excluding diaryl/α,β-unsaturated/α-hetero) is 1. The lowest BCUT2D eigenvalue weighted by atomic mass is 9.54. The van der Waals surface area contributed by atoms with E-state index in [-0.39, 0.29) is 17.5 Å². The molecule has 0 spiro atoms. The second-order valence-electron chi connectivity index (χ2n) is 5.78. The third-order valence-electron chi connectivity index (χ3n) is 5.29. The van der Waals surface area contributed by atoms with Gasteiger partial charge in [0.1, 0.15) is 0 Å². The fourth-order valence-electron chi connectivity index (χ4n) is 4.29. The Morgan fingerprint density at radius 3 is 2.00 bits per heavy atom. The van der Waals surface area contributed by atoms with Crippen LogP contribution in [0.4, 0.5) is 0 Å². The Labute approximate surface area is 129 Å². The first-order chi connectivity index (χ1) is 10.5. The van der Waals surface area contributed by atoms with Crippen molar-refractivity contribution in [1.29, 1.82) is 0 Å². The van der Waals surface area contributed by atoms with Gasteiger partial charge < -0.3 is 18.9 Å². The molecule has 0 aliphatic heterocycles. The Balaban J connectivity index is 2.19. The summed E-state index contributed by atoms with van der Waals surface area (Å²) in [5.74, 6) is -4.72. The monoisotopic (exact) mass is 308 g/mol. The van der Waals surface area contributed by atoms with Gasteiger partial charge in [-0.05, 0) is 12.0 Å². The molecule has 0 N–H and O–H groups in total. The molecule has 22 heavy (non-hydrogen) atoms. The van der Waals surface area contributed by atoms with Gasteiger partial charge in [0.2, 0.25) is 17.4 Å². The van der Waals surface area contributed by atoms with Gasteiger partial charge in [-0.2, -0.15) is 0 Å². The maximum atomic E-state index is 12.8. The molecule has 0 radical (unpaired) electrons. The zero-order valence-electron chi connectivity index (χ0n) is 13.1. The Kier molecular flexibility index (Phi) is 3.60. The lowest BCUT2D eigenvalue weighted by Gasteiger charge is -2.56. The van der Waals surface area contributed by atoms with Crippen LogP contribution in [0.1, 0.15) is 0 Å². The SMILES string of the molecule is COC1(OC)C(=O)C=C[C@H]2[C@@H]1[C@H]1C=C[C@@H]2C(=O)C1(OC)OC. The summed E-state index contributed by atoms with van der Waals surface area (Å²) in [6.07, 6.45) is 6.95. The predicted octanol–water partition coefficient (Wildman–Crippen LogP) is 0.721. The van der Waals surface area contributed by atoms with E-state index in [0.29, 0.717) is 0 Å². The zero-order valence-corrected chi connectivity index (χ0v) is 13.1.